The van der Waals surface area contributed by atoms with Crippen molar-refractivity contribution in [3.8, 4) is 0 Å². The maximum Gasteiger partial charge on any atom is 0.254 e. The van der Waals surface area contributed by atoms with Crippen LogP contribution in [0.25, 0.3) is 0 Å². The number of benzene rings is 1. The zero-order valence-electron chi connectivity index (χ0n) is 13.8. The number of hydrogen-bond acceptors (Lipinski definition) is 3. The van der Waals surface area contributed by atoms with Crippen molar-refractivity contribution in [2.75, 3.05) is 0 Å². The van der Waals surface area contributed by atoms with Crippen LogP contribution >= 0.6 is 0 Å². The first-order valence-electron chi connectivity index (χ1n) is 8.49. The summed E-state index contributed by atoms with van der Waals surface area (Å²) in [6.45, 7) is 0. The molecule has 2 fully saturated rings. The van der Waals surface area contributed by atoms with Crippen LogP contribution in [0.2, 0.25) is 0 Å². The largest absolute Gasteiger partial charge is 0.385 e. The predicted octanol–water partition coefficient (Wildman–Crippen LogP) is 3.15. The van der Waals surface area contributed by atoms with Crippen LogP contribution in [0.4, 0.5) is 13.2 Å². The van der Waals surface area contributed by atoms with Crippen molar-refractivity contribution in [1.82, 2.24) is 9.88 Å². The molecule has 2 aromatic rings. The van der Waals surface area contributed by atoms with Gasteiger partial charge in [-0.05, 0) is 31.0 Å². The molecule has 1 N–H and O–H groups in total. The number of piperidine rings is 1. The average molecular weight is 362 g/mol. The van der Waals surface area contributed by atoms with Gasteiger partial charge >= 0.3 is 0 Å². The van der Waals surface area contributed by atoms with Crippen LogP contribution in [-0.4, -0.2) is 33.0 Å². The van der Waals surface area contributed by atoms with Gasteiger partial charge in [0, 0.05) is 48.3 Å². The Balaban J connectivity index is 1.63. The highest BCUT2D eigenvalue weighted by atomic mass is 19.1. The minimum atomic E-state index is -1.41. The van der Waals surface area contributed by atoms with Crippen molar-refractivity contribution in [2.24, 2.45) is 0 Å². The highest BCUT2D eigenvalue weighted by Gasteiger charge is 2.51. The molecule has 3 heterocycles. The molecular weight excluding hydrogens is 345 g/mol. The Morgan fingerprint density at radius 1 is 1.12 bits per heavy atom. The van der Waals surface area contributed by atoms with Crippen molar-refractivity contribution >= 4 is 5.91 Å². The van der Waals surface area contributed by atoms with Gasteiger partial charge in [-0.2, -0.15) is 4.39 Å². The number of halogens is 3. The van der Waals surface area contributed by atoms with E-state index in [9.17, 15) is 23.1 Å². The number of aliphatic hydroxyl groups is 1. The Morgan fingerprint density at radius 2 is 1.73 bits per heavy atom. The summed E-state index contributed by atoms with van der Waals surface area (Å²) >= 11 is 0. The number of carbonyl (C=O) groups excluding carboxylic acids is 1. The summed E-state index contributed by atoms with van der Waals surface area (Å²) in [5.41, 5.74) is -1.34. The second kappa shape index (κ2) is 6.09. The summed E-state index contributed by atoms with van der Waals surface area (Å²) in [5.74, 6) is -2.82. The lowest BCUT2D eigenvalue weighted by molar-refractivity contribution is -0.0504. The lowest BCUT2D eigenvalue weighted by Crippen LogP contribution is -2.52. The van der Waals surface area contributed by atoms with E-state index in [0.29, 0.717) is 18.9 Å². The van der Waals surface area contributed by atoms with Crippen molar-refractivity contribution in [1.29, 1.82) is 0 Å². The van der Waals surface area contributed by atoms with Gasteiger partial charge < -0.3 is 10.0 Å². The SMILES string of the molecule is O=C(c1cc(F)cc(F)c1)N1[C@H]2CC[C@H]1CC(O)(c1cccnc1F)C2. The number of aromatic nitrogens is 1. The predicted molar refractivity (Wildman–Crippen MR) is 86.7 cm³/mol. The van der Waals surface area contributed by atoms with E-state index >= 15 is 0 Å². The van der Waals surface area contributed by atoms with Crippen LogP contribution in [0.3, 0.4) is 0 Å². The minimum absolute atomic E-state index is 0.0580. The molecule has 2 saturated heterocycles. The smallest absolute Gasteiger partial charge is 0.254 e. The molecule has 26 heavy (non-hydrogen) atoms. The quantitative estimate of drug-likeness (QED) is 0.835. The fraction of sp³-hybridized carbons (Fsp3) is 0.368. The molecule has 2 aliphatic rings. The molecule has 0 saturated carbocycles. The van der Waals surface area contributed by atoms with E-state index in [1.807, 2.05) is 0 Å². The normalized spacial score (nSPS) is 27.6. The summed E-state index contributed by atoms with van der Waals surface area (Å²) in [7, 11) is 0. The topological polar surface area (TPSA) is 53.4 Å². The van der Waals surface area contributed by atoms with Crippen LogP contribution in [0.1, 0.15) is 41.6 Å². The number of nitrogens with zero attached hydrogens (tertiary/aromatic N) is 2. The number of hydrogen-bond donors (Lipinski definition) is 1. The van der Waals surface area contributed by atoms with Gasteiger partial charge in [-0.15, -0.1) is 0 Å². The van der Waals surface area contributed by atoms with Gasteiger partial charge in [0.1, 0.15) is 11.6 Å². The number of carbonyl (C=O) groups is 1. The molecule has 7 heteroatoms. The second-order valence-electron chi connectivity index (χ2n) is 7.04. The second-order valence-corrected chi connectivity index (χ2v) is 7.04. The number of rotatable bonds is 2. The molecule has 0 radical (unpaired) electrons. The molecular formula is C19H17F3N2O2. The third-order valence-electron chi connectivity index (χ3n) is 5.37. The lowest BCUT2D eigenvalue weighted by Gasteiger charge is -2.44. The maximum absolute atomic E-state index is 14.1. The van der Waals surface area contributed by atoms with Crippen LogP contribution in [0.5, 0.6) is 0 Å². The summed E-state index contributed by atoms with van der Waals surface area (Å²) < 4.78 is 41.0. The standard InChI is InChI=1S/C19H17F3N2O2/c20-12-6-11(7-13(21)8-12)18(25)24-14-3-4-15(24)10-19(26,9-14)16-2-1-5-23-17(16)22/h1-2,5-8,14-15,26H,3-4,9-10H2/t14-,15-/m0/s1. The molecule has 4 rings (SSSR count). The van der Waals surface area contributed by atoms with E-state index in [0.717, 1.165) is 12.1 Å². The van der Waals surface area contributed by atoms with Gasteiger partial charge in [0.05, 0.1) is 5.60 Å². The fourth-order valence-electron chi connectivity index (χ4n) is 4.34. The van der Waals surface area contributed by atoms with Gasteiger partial charge in [0.15, 0.2) is 0 Å². The zero-order chi connectivity index (χ0) is 18.5. The fourth-order valence-corrected chi connectivity index (χ4v) is 4.34. The number of amides is 1. The molecule has 2 bridgehead atoms. The van der Waals surface area contributed by atoms with E-state index in [-0.39, 0.29) is 36.1 Å². The summed E-state index contributed by atoms with van der Waals surface area (Å²) in [4.78, 5) is 18.0. The zero-order valence-corrected chi connectivity index (χ0v) is 13.8. The number of pyridine rings is 1. The first kappa shape index (κ1) is 17.0. The highest BCUT2D eigenvalue weighted by molar-refractivity contribution is 5.95. The molecule has 4 nitrogen and oxygen atoms in total. The van der Waals surface area contributed by atoms with Crippen molar-refractivity contribution in [3.63, 3.8) is 0 Å². The molecule has 1 aromatic carbocycles. The molecule has 2 atom stereocenters. The number of fused-ring (bicyclic) bond motifs is 2. The van der Waals surface area contributed by atoms with E-state index in [1.54, 1.807) is 11.0 Å². The first-order chi connectivity index (χ1) is 12.4. The lowest BCUT2D eigenvalue weighted by atomic mass is 9.80. The average Bonchev–Trinajstić information content (AvgIpc) is 2.86. The van der Waals surface area contributed by atoms with Gasteiger partial charge in [0.25, 0.3) is 5.91 Å². The van der Waals surface area contributed by atoms with Crippen molar-refractivity contribution < 1.29 is 23.1 Å². The van der Waals surface area contributed by atoms with E-state index in [4.69, 9.17) is 0 Å². The Morgan fingerprint density at radius 3 is 2.31 bits per heavy atom. The van der Waals surface area contributed by atoms with E-state index < -0.39 is 29.1 Å². The first-order valence-corrected chi connectivity index (χ1v) is 8.49. The van der Waals surface area contributed by atoms with E-state index in [2.05, 4.69) is 4.98 Å². The Bertz CT molecular complexity index is 839. The molecule has 1 amide bonds. The van der Waals surface area contributed by atoms with Gasteiger partial charge in [-0.25, -0.2) is 13.8 Å². The van der Waals surface area contributed by atoms with Crippen molar-refractivity contribution in [3.05, 3.63) is 65.2 Å². The van der Waals surface area contributed by atoms with Gasteiger partial charge in [-0.3, -0.25) is 4.79 Å². The summed E-state index contributed by atoms with van der Waals surface area (Å²) in [6.07, 6.45) is 2.94. The summed E-state index contributed by atoms with van der Waals surface area (Å²) in [5, 5.41) is 11.0. The summed E-state index contributed by atoms with van der Waals surface area (Å²) in [6, 6.07) is 5.14. The molecule has 0 spiro atoms. The van der Waals surface area contributed by atoms with Crippen LogP contribution in [0.15, 0.2) is 36.5 Å². The minimum Gasteiger partial charge on any atom is -0.385 e. The molecule has 136 valence electrons. The third-order valence-corrected chi connectivity index (χ3v) is 5.37. The van der Waals surface area contributed by atoms with Crippen LogP contribution in [0, 0.1) is 17.6 Å². The van der Waals surface area contributed by atoms with Crippen LogP contribution < -0.4 is 0 Å². The third kappa shape index (κ3) is 2.76. The monoisotopic (exact) mass is 362 g/mol. The van der Waals surface area contributed by atoms with E-state index in [1.165, 1.54) is 12.3 Å². The Hall–Kier alpha value is -2.41. The highest BCUT2D eigenvalue weighted by Crippen LogP contribution is 2.46. The van der Waals surface area contributed by atoms with Crippen molar-refractivity contribution in [2.45, 2.75) is 43.4 Å². The van der Waals surface area contributed by atoms with Gasteiger partial charge in [-0.1, -0.05) is 6.07 Å². The molecule has 0 unspecified atom stereocenters. The molecule has 0 aliphatic carbocycles. The molecule has 1 aromatic heterocycles. The Kier molecular flexibility index (Phi) is 3.99. The van der Waals surface area contributed by atoms with Crippen LogP contribution in [-0.2, 0) is 5.60 Å². The van der Waals surface area contributed by atoms with Gasteiger partial charge in [0.2, 0.25) is 5.95 Å². The Labute approximate surface area is 148 Å². The maximum atomic E-state index is 14.1. The molecule has 2 aliphatic heterocycles.